The Morgan fingerprint density at radius 1 is 0.745 bits per heavy atom. The molecule has 1 atom stereocenters. The molecule has 4 aromatic rings. The minimum absolute atomic E-state index is 0.0484. The minimum atomic E-state index is -0.337. The van der Waals surface area contributed by atoms with Crippen LogP contribution in [0.4, 0.5) is 11.4 Å². The number of methoxy groups -OCH3 is 1. The SMILES string of the molecule is COCCCCCCN1CC(C)(C)c2c3c(c4ccccc4c21)C=C1C(=C2C(C)(C)CN(c4ccccc4)C2(C)c2ccccc21)O3. The third-order valence-corrected chi connectivity index (χ3v) is 11.3. The van der Waals surface area contributed by atoms with E-state index in [2.05, 4.69) is 129 Å². The molecule has 1 aliphatic carbocycles. The summed E-state index contributed by atoms with van der Waals surface area (Å²) in [6, 6.07) is 29.0. The van der Waals surface area contributed by atoms with E-state index in [1.54, 1.807) is 7.11 Å². The van der Waals surface area contributed by atoms with E-state index in [-0.39, 0.29) is 16.4 Å². The van der Waals surface area contributed by atoms with Crippen molar-refractivity contribution >= 4 is 33.8 Å². The molecular weight excluding hydrogens is 576 g/mol. The van der Waals surface area contributed by atoms with Crippen LogP contribution in [0.1, 0.15) is 82.6 Å². The fourth-order valence-electron chi connectivity index (χ4n) is 9.45. The van der Waals surface area contributed by atoms with E-state index in [1.807, 2.05) is 0 Å². The van der Waals surface area contributed by atoms with Crippen molar-refractivity contribution in [2.45, 2.75) is 71.3 Å². The first-order valence-corrected chi connectivity index (χ1v) is 17.6. The van der Waals surface area contributed by atoms with Crippen LogP contribution in [0.5, 0.6) is 5.75 Å². The lowest BCUT2D eigenvalue weighted by Gasteiger charge is -2.45. The van der Waals surface area contributed by atoms with Crippen LogP contribution < -0.4 is 14.5 Å². The Kier molecular flexibility index (Phi) is 7.11. The number of anilines is 2. The van der Waals surface area contributed by atoms with Crippen LogP contribution in [-0.4, -0.2) is 33.4 Å². The summed E-state index contributed by atoms with van der Waals surface area (Å²) in [6.07, 6.45) is 7.23. The van der Waals surface area contributed by atoms with Gasteiger partial charge in [-0.3, -0.25) is 0 Å². The summed E-state index contributed by atoms with van der Waals surface area (Å²) in [7, 11) is 1.80. The first-order chi connectivity index (χ1) is 22.7. The second-order valence-electron chi connectivity index (χ2n) is 15.5. The summed E-state index contributed by atoms with van der Waals surface area (Å²) in [6.45, 7) is 15.9. The van der Waals surface area contributed by atoms with Crippen molar-refractivity contribution in [1.82, 2.24) is 0 Å². The zero-order valence-electron chi connectivity index (χ0n) is 29.0. The van der Waals surface area contributed by atoms with Crippen LogP contribution in [0.2, 0.25) is 0 Å². The van der Waals surface area contributed by atoms with Crippen molar-refractivity contribution in [3.63, 3.8) is 0 Å². The number of rotatable bonds is 8. The highest BCUT2D eigenvalue weighted by Gasteiger charge is 2.57. The number of nitrogens with zero attached hydrogens (tertiary/aromatic N) is 2. The molecule has 4 aliphatic rings. The smallest absolute Gasteiger partial charge is 0.141 e. The molecule has 1 saturated heterocycles. The van der Waals surface area contributed by atoms with Crippen LogP contribution in [0, 0.1) is 5.41 Å². The second-order valence-corrected chi connectivity index (χ2v) is 15.5. The summed E-state index contributed by atoms with van der Waals surface area (Å²) >= 11 is 0. The van der Waals surface area contributed by atoms with Gasteiger partial charge in [0.2, 0.25) is 0 Å². The molecule has 1 unspecified atom stereocenters. The Balaban J connectivity index is 1.33. The summed E-state index contributed by atoms with van der Waals surface area (Å²) in [4.78, 5) is 5.28. The lowest BCUT2D eigenvalue weighted by Crippen LogP contribution is -2.43. The monoisotopic (exact) mass is 624 g/mol. The molecule has 47 heavy (non-hydrogen) atoms. The highest BCUT2D eigenvalue weighted by Crippen LogP contribution is 2.63. The lowest BCUT2D eigenvalue weighted by molar-refractivity contribution is 0.192. The van der Waals surface area contributed by atoms with Gasteiger partial charge in [0.1, 0.15) is 11.5 Å². The number of allylic oxidation sites excluding steroid dienone is 1. The Morgan fingerprint density at radius 2 is 1.45 bits per heavy atom. The molecule has 1 fully saturated rings. The molecular formula is C43H48N2O2. The fraction of sp³-hybridized carbons (Fsp3) is 0.395. The molecule has 8 rings (SSSR count). The predicted molar refractivity (Wildman–Crippen MR) is 196 cm³/mol. The molecule has 0 amide bonds. The second kappa shape index (κ2) is 11.0. The zero-order valence-corrected chi connectivity index (χ0v) is 29.0. The molecule has 4 heteroatoms. The Hall–Kier alpha value is -4.02. The van der Waals surface area contributed by atoms with E-state index in [0.717, 1.165) is 44.2 Å². The van der Waals surface area contributed by atoms with Gasteiger partial charge in [-0.25, -0.2) is 0 Å². The molecule has 0 N–H and O–H groups in total. The Bertz CT molecular complexity index is 1930. The van der Waals surface area contributed by atoms with Gasteiger partial charge < -0.3 is 19.3 Å². The van der Waals surface area contributed by atoms with Gasteiger partial charge in [0.25, 0.3) is 0 Å². The van der Waals surface area contributed by atoms with Crippen molar-refractivity contribution in [2.75, 3.05) is 43.2 Å². The molecule has 0 spiro atoms. The summed E-state index contributed by atoms with van der Waals surface area (Å²) in [5.41, 5.74) is 9.96. The van der Waals surface area contributed by atoms with Gasteiger partial charge in [-0.2, -0.15) is 0 Å². The summed E-state index contributed by atoms with van der Waals surface area (Å²) < 4.78 is 12.8. The van der Waals surface area contributed by atoms with Gasteiger partial charge in [-0.05, 0) is 54.5 Å². The van der Waals surface area contributed by atoms with Gasteiger partial charge in [0, 0.05) is 77.5 Å². The average Bonchev–Trinajstić information content (AvgIpc) is 3.48. The maximum Gasteiger partial charge on any atom is 0.141 e. The van der Waals surface area contributed by atoms with Crippen molar-refractivity contribution in [1.29, 1.82) is 0 Å². The number of fused-ring (bicyclic) bond motifs is 11. The molecule has 0 aromatic heterocycles. The molecule has 0 radical (unpaired) electrons. The lowest BCUT2D eigenvalue weighted by atomic mass is 9.67. The van der Waals surface area contributed by atoms with Gasteiger partial charge in [-0.1, -0.05) is 107 Å². The third kappa shape index (κ3) is 4.51. The number of benzene rings is 4. The molecule has 3 aliphatic heterocycles. The first kappa shape index (κ1) is 30.3. The Labute approximate surface area is 280 Å². The van der Waals surface area contributed by atoms with Crippen molar-refractivity contribution in [2.24, 2.45) is 5.41 Å². The molecule has 0 bridgehead atoms. The fourth-order valence-corrected chi connectivity index (χ4v) is 9.45. The Morgan fingerprint density at radius 3 is 2.23 bits per heavy atom. The van der Waals surface area contributed by atoms with E-state index < -0.39 is 0 Å². The minimum Gasteiger partial charge on any atom is -0.456 e. The first-order valence-electron chi connectivity index (χ1n) is 17.6. The number of hydrogen-bond acceptors (Lipinski definition) is 4. The van der Waals surface area contributed by atoms with Crippen molar-refractivity contribution < 1.29 is 9.47 Å². The molecule has 242 valence electrons. The number of ether oxygens (including phenoxy) is 2. The van der Waals surface area contributed by atoms with E-state index in [9.17, 15) is 0 Å². The van der Waals surface area contributed by atoms with Crippen LogP contribution in [0.15, 0.2) is 90.2 Å². The largest absolute Gasteiger partial charge is 0.456 e. The van der Waals surface area contributed by atoms with Gasteiger partial charge in [-0.15, -0.1) is 0 Å². The molecule has 0 saturated carbocycles. The standard InChI is InChI=1S/C43H48N2O2/c1-41(2)27-44(24-16-7-8-17-25-46-6)37-32-22-13-12-20-30(32)33-26-34-31-21-14-15-23-35(31)43(5)40(39(34)47-38(33)36(37)41)42(3,4)28-45(43)29-18-10-9-11-19-29/h9-15,18-23,26H,7-8,16-17,24-25,27-28H2,1-6H3. The van der Waals surface area contributed by atoms with Crippen LogP contribution in [0.3, 0.4) is 0 Å². The number of hydrogen-bond donors (Lipinski definition) is 0. The highest BCUT2D eigenvalue weighted by molar-refractivity contribution is 6.10. The van der Waals surface area contributed by atoms with Crippen LogP contribution >= 0.6 is 0 Å². The third-order valence-electron chi connectivity index (χ3n) is 11.3. The predicted octanol–water partition coefficient (Wildman–Crippen LogP) is 10.1. The number of unbranched alkanes of at least 4 members (excludes halogenated alkanes) is 3. The van der Waals surface area contributed by atoms with Gasteiger partial charge in [0.05, 0.1) is 11.2 Å². The topological polar surface area (TPSA) is 24.9 Å². The van der Waals surface area contributed by atoms with E-state index >= 15 is 0 Å². The van der Waals surface area contributed by atoms with Crippen molar-refractivity contribution in [3.8, 4) is 5.75 Å². The zero-order chi connectivity index (χ0) is 32.6. The average molecular weight is 625 g/mol. The maximum absolute atomic E-state index is 7.54. The maximum atomic E-state index is 7.54. The van der Waals surface area contributed by atoms with E-state index in [0.29, 0.717) is 0 Å². The summed E-state index contributed by atoms with van der Waals surface area (Å²) in [5, 5.41) is 2.62. The highest BCUT2D eigenvalue weighted by atomic mass is 16.5. The molecule has 4 aromatic carbocycles. The quantitative estimate of drug-likeness (QED) is 0.182. The van der Waals surface area contributed by atoms with Gasteiger partial charge >= 0.3 is 0 Å². The van der Waals surface area contributed by atoms with Crippen LogP contribution in [0.25, 0.3) is 22.4 Å². The normalized spacial score (nSPS) is 21.5. The molecule has 4 nitrogen and oxygen atoms in total. The van der Waals surface area contributed by atoms with Gasteiger partial charge in [0.15, 0.2) is 0 Å². The summed E-state index contributed by atoms with van der Waals surface area (Å²) in [5.74, 6) is 2.13. The van der Waals surface area contributed by atoms with Crippen LogP contribution in [-0.2, 0) is 15.7 Å². The van der Waals surface area contributed by atoms with E-state index in [4.69, 9.17) is 9.47 Å². The molecule has 3 heterocycles. The van der Waals surface area contributed by atoms with E-state index in [1.165, 1.54) is 74.8 Å². The number of para-hydroxylation sites is 1. The van der Waals surface area contributed by atoms with Crippen molar-refractivity contribution in [3.05, 3.63) is 112 Å².